The summed E-state index contributed by atoms with van der Waals surface area (Å²) < 4.78 is 5.78. The van der Waals surface area contributed by atoms with Crippen molar-refractivity contribution in [2.75, 3.05) is 0 Å². The number of carboxylic acid groups (broad SMARTS) is 1. The van der Waals surface area contributed by atoms with Crippen molar-refractivity contribution < 1.29 is 24.2 Å². The molecular weight excluding hydrogens is 368 g/mol. The lowest BCUT2D eigenvalue weighted by molar-refractivity contribution is -0.123. The fourth-order valence-electron chi connectivity index (χ4n) is 2.40. The summed E-state index contributed by atoms with van der Waals surface area (Å²) in [5.41, 5.74) is 1.44. The molecule has 2 aromatic rings. The first kappa shape index (κ1) is 18.3. The number of aromatic carboxylic acids is 1. The Balaban J connectivity index is 1.79. The molecule has 1 saturated heterocycles. The zero-order valence-electron chi connectivity index (χ0n) is 13.9. The molecule has 3 N–H and O–H groups in total. The van der Waals surface area contributed by atoms with Crippen molar-refractivity contribution >= 4 is 41.2 Å². The molecule has 0 bridgehead atoms. The Bertz CT molecular complexity index is 944. The average Bonchev–Trinajstić information content (AvgIpc) is 2.64. The zero-order valence-corrected chi connectivity index (χ0v) is 14.7. The molecule has 7 nitrogen and oxygen atoms in total. The highest BCUT2D eigenvalue weighted by Gasteiger charge is 2.26. The Morgan fingerprint density at radius 2 is 1.67 bits per heavy atom. The maximum atomic E-state index is 12.0. The second kappa shape index (κ2) is 7.79. The lowest BCUT2D eigenvalue weighted by Crippen LogP contribution is -2.51. The van der Waals surface area contributed by atoms with Crippen molar-refractivity contribution in [3.05, 3.63) is 70.8 Å². The van der Waals surface area contributed by atoms with Crippen LogP contribution in [0.2, 0.25) is 0 Å². The van der Waals surface area contributed by atoms with Crippen LogP contribution in [-0.2, 0) is 16.2 Å². The third-order valence-corrected chi connectivity index (χ3v) is 3.96. The van der Waals surface area contributed by atoms with Crippen LogP contribution in [0.25, 0.3) is 6.08 Å². The van der Waals surface area contributed by atoms with Crippen LogP contribution in [0.1, 0.15) is 21.5 Å². The summed E-state index contributed by atoms with van der Waals surface area (Å²) in [5, 5.41) is 13.6. The highest BCUT2D eigenvalue weighted by molar-refractivity contribution is 7.80. The van der Waals surface area contributed by atoms with Crippen molar-refractivity contribution in [3.8, 4) is 5.75 Å². The molecule has 1 aliphatic heterocycles. The lowest BCUT2D eigenvalue weighted by Gasteiger charge is -2.17. The predicted octanol–water partition coefficient (Wildman–Crippen LogP) is 1.88. The molecule has 2 aromatic carbocycles. The minimum absolute atomic E-state index is 0.0310. The van der Waals surface area contributed by atoms with Gasteiger partial charge in [-0.05, 0) is 42.1 Å². The van der Waals surface area contributed by atoms with Gasteiger partial charge >= 0.3 is 5.97 Å². The van der Waals surface area contributed by atoms with Gasteiger partial charge in [-0.1, -0.05) is 30.3 Å². The van der Waals surface area contributed by atoms with Gasteiger partial charge in [-0.2, -0.15) is 0 Å². The van der Waals surface area contributed by atoms with Gasteiger partial charge in [-0.25, -0.2) is 4.79 Å². The van der Waals surface area contributed by atoms with E-state index < -0.39 is 17.8 Å². The number of amides is 2. The van der Waals surface area contributed by atoms with Gasteiger partial charge in [0.15, 0.2) is 5.11 Å². The summed E-state index contributed by atoms with van der Waals surface area (Å²) in [6.45, 7) is 0.197. The minimum atomic E-state index is -0.997. The van der Waals surface area contributed by atoms with Crippen LogP contribution in [0.4, 0.5) is 0 Å². The Morgan fingerprint density at radius 3 is 2.30 bits per heavy atom. The van der Waals surface area contributed by atoms with E-state index in [0.717, 1.165) is 5.56 Å². The van der Waals surface area contributed by atoms with Crippen LogP contribution in [0.3, 0.4) is 0 Å². The Kier molecular flexibility index (Phi) is 5.28. The fourth-order valence-corrected chi connectivity index (χ4v) is 2.58. The molecule has 3 rings (SSSR count). The van der Waals surface area contributed by atoms with Crippen LogP contribution >= 0.6 is 12.2 Å². The number of para-hydroxylation sites is 1. The summed E-state index contributed by atoms with van der Waals surface area (Å²) in [4.78, 5) is 34.8. The van der Waals surface area contributed by atoms with Crippen LogP contribution in [0.15, 0.2) is 54.1 Å². The second-order valence-corrected chi connectivity index (χ2v) is 6.03. The van der Waals surface area contributed by atoms with E-state index in [1.54, 1.807) is 36.4 Å². The third-order valence-electron chi connectivity index (χ3n) is 3.76. The topological polar surface area (TPSA) is 105 Å². The Hall–Kier alpha value is -3.52. The van der Waals surface area contributed by atoms with Crippen LogP contribution < -0.4 is 15.4 Å². The molecule has 8 heteroatoms. The molecule has 0 unspecified atom stereocenters. The molecule has 0 saturated carbocycles. The van der Waals surface area contributed by atoms with Crippen molar-refractivity contribution in [2.24, 2.45) is 0 Å². The van der Waals surface area contributed by atoms with Crippen LogP contribution in [0.5, 0.6) is 5.75 Å². The van der Waals surface area contributed by atoms with Gasteiger partial charge in [-0.15, -0.1) is 0 Å². The molecule has 0 atom stereocenters. The first-order chi connectivity index (χ1) is 12.9. The summed E-state index contributed by atoms with van der Waals surface area (Å²) >= 11 is 4.77. The van der Waals surface area contributed by atoms with Crippen LogP contribution in [-0.4, -0.2) is 28.0 Å². The standard InChI is InChI=1S/C19H14N2O5S/c22-16-14(17(23)21-19(27)20-16)9-13-3-1-2-4-15(13)26-10-11-5-7-12(8-6-11)18(24)25/h1-9H,10H2,(H,24,25)(H2,20,21,22,23,27). The van der Waals surface area contributed by atoms with Gasteiger partial charge in [-0.3, -0.25) is 20.2 Å². The largest absolute Gasteiger partial charge is 0.488 e. The van der Waals surface area contributed by atoms with Crippen LogP contribution in [0, 0.1) is 0 Å². The van der Waals surface area contributed by atoms with Gasteiger partial charge in [0, 0.05) is 5.56 Å². The van der Waals surface area contributed by atoms with Gasteiger partial charge in [0.05, 0.1) is 5.56 Å². The summed E-state index contributed by atoms with van der Waals surface area (Å²) in [6, 6.07) is 13.2. The zero-order chi connectivity index (χ0) is 19.4. The molecular formula is C19H14N2O5S. The molecule has 0 radical (unpaired) electrons. The number of carbonyl (C=O) groups is 3. The first-order valence-electron chi connectivity index (χ1n) is 7.86. The van der Waals surface area contributed by atoms with E-state index in [0.29, 0.717) is 11.3 Å². The van der Waals surface area contributed by atoms with Crippen molar-refractivity contribution in [3.63, 3.8) is 0 Å². The highest BCUT2D eigenvalue weighted by atomic mass is 32.1. The third kappa shape index (κ3) is 4.36. The smallest absolute Gasteiger partial charge is 0.335 e. The molecule has 1 heterocycles. The number of hydrogen-bond donors (Lipinski definition) is 3. The number of hydrogen-bond acceptors (Lipinski definition) is 5. The lowest BCUT2D eigenvalue weighted by atomic mass is 10.1. The number of carbonyl (C=O) groups excluding carboxylic acids is 2. The quantitative estimate of drug-likeness (QED) is 0.414. The number of rotatable bonds is 5. The normalized spacial score (nSPS) is 13.6. The number of carboxylic acids is 1. The SMILES string of the molecule is O=C1NC(=S)NC(=O)C1=Cc1ccccc1OCc1ccc(C(=O)O)cc1. The Morgan fingerprint density at radius 1 is 1.04 bits per heavy atom. The van der Waals surface area contributed by atoms with E-state index in [1.165, 1.54) is 18.2 Å². The number of benzene rings is 2. The molecule has 0 aromatic heterocycles. The van der Waals surface area contributed by atoms with Crippen molar-refractivity contribution in [1.29, 1.82) is 0 Å². The molecule has 0 aliphatic carbocycles. The molecule has 2 amide bonds. The van der Waals surface area contributed by atoms with Gasteiger partial charge in [0.1, 0.15) is 17.9 Å². The van der Waals surface area contributed by atoms with E-state index in [9.17, 15) is 14.4 Å². The predicted molar refractivity (Wildman–Crippen MR) is 101 cm³/mol. The molecule has 27 heavy (non-hydrogen) atoms. The molecule has 1 aliphatic rings. The fraction of sp³-hybridized carbons (Fsp3) is 0.0526. The molecule has 136 valence electrons. The first-order valence-corrected chi connectivity index (χ1v) is 8.27. The minimum Gasteiger partial charge on any atom is -0.488 e. The maximum absolute atomic E-state index is 12.0. The summed E-state index contributed by atoms with van der Waals surface area (Å²) in [5.74, 6) is -1.69. The van der Waals surface area contributed by atoms with Gasteiger partial charge in [0.25, 0.3) is 11.8 Å². The molecule has 1 fully saturated rings. The number of ether oxygens (including phenoxy) is 1. The summed E-state index contributed by atoms with van der Waals surface area (Å²) in [7, 11) is 0. The van der Waals surface area contributed by atoms with E-state index in [4.69, 9.17) is 22.1 Å². The second-order valence-electron chi connectivity index (χ2n) is 5.62. The average molecular weight is 382 g/mol. The number of thiocarbonyl (C=S) groups is 1. The monoisotopic (exact) mass is 382 g/mol. The van der Waals surface area contributed by atoms with E-state index in [2.05, 4.69) is 10.6 Å². The molecule has 0 spiro atoms. The summed E-state index contributed by atoms with van der Waals surface area (Å²) in [6.07, 6.45) is 1.43. The van der Waals surface area contributed by atoms with E-state index in [1.807, 2.05) is 0 Å². The van der Waals surface area contributed by atoms with Crippen molar-refractivity contribution in [2.45, 2.75) is 6.61 Å². The number of nitrogens with one attached hydrogen (secondary N) is 2. The van der Waals surface area contributed by atoms with Gasteiger partial charge in [0.2, 0.25) is 0 Å². The van der Waals surface area contributed by atoms with E-state index >= 15 is 0 Å². The highest BCUT2D eigenvalue weighted by Crippen LogP contribution is 2.23. The van der Waals surface area contributed by atoms with E-state index in [-0.39, 0.29) is 22.9 Å². The Labute approximate surface area is 159 Å². The van der Waals surface area contributed by atoms with Crippen molar-refractivity contribution in [1.82, 2.24) is 10.6 Å². The maximum Gasteiger partial charge on any atom is 0.335 e. The van der Waals surface area contributed by atoms with Gasteiger partial charge < -0.3 is 9.84 Å².